The molecule has 0 saturated carbocycles. The Morgan fingerprint density at radius 3 is 2.68 bits per heavy atom. The van der Waals surface area contributed by atoms with Crippen LogP contribution < -0.4 is 0 Å². The lowest BCUT2D eigenvalue weighted by Crippen LogP contribution is -2.49. The Labute approximate surface area is 151 Å². The Morgan fingerprint density at radius 1 is 1.08 bits per heavy atom. The fourth-order valence-electron chi connectivity index (χ4n) is 3.65. The largest absolute Gasteiger partial charge is 0.378 e. The molecule has 1 unspecified atom stereocenters. The van der Waals surface area contributed by atoms with E-state index in [0.717, 1.165) is 34.3 Å². The van der Waals surface area contributed by atoms with E-state index in [1.807, 2.05) is 40.1 Å². The Kier molecular flexibility index (Phi) is 4.72. The van der Waals surface area contributed by atoms with Crippen LogP contribution in [-0.4, -0.2) is 61.0 Å². The summed E-state index contributed by atoms with van der Waals surface area (Å²) in [6.45, 7) is 3.83. The molecular formula is C19H22N2O3S. The van der Waals surface area contributed by atoms with Gasteiger partial charge in [-0.05, 0) is 30.4 Å². The van der Waals surface area contributed by atoms with Crippen LogP contribution in [-0.2, 0) is 9.53 Å². The number of likely N-dealkylation sites (tertiary alicyclic amines) is 1. The second kappa shape index (κ2) is 7.14. The van der Waals surface area contributed by atoms with Gasteiger partial charge in [0.2, 0.25) is 5.91 Å². The molecule has 0 N–H and O–H groups in total. The normalized spacial score (nSPS) is 21.5. The third kappa shape index (κ3) is 3.41. The Bertz CT molecular complexity index is 749. The first-order valence-corrected chi connectivity index (χ1v) is 9.68. The number of nitrogens with zero attached hydrogens (tertiary/aromatic N) is 2. The van der Waals surface area contributed by atoms with Crippen molar-refractivity contribution < 1.29 is 14.3 Å². The first-order valence-electron chi connectivity index (χ1n) is 8.87. The summed E-state index contributed by atoms with van der Waals surface area (Å²) in [5.74, 6) is 0.156. The molecule has 2 saturated heterocycles. The van der Waals surface area contributed by atoms with Crippen LogP contribution in [0.1, 0.15) is 22.5 Å². The summed E-state index contributed by atoms with van der Waals surface area (Å²) in [7, 11) is 0. The van der Waals surface area contributed by atoms with E-state index in [1.54, 1.807) is 0 Å². The maximum absolute atomic E-state index is 12.9. The summed E-state index contributed by atoms with van der Waals surface area (Å²) in [6, 6.07) is 10.0. The van der Waals surface area contributed by atoms with Gasteiger partial charge < -0.3 is 14.5 Å². The van der Waals surface area contributed by atoms with Gasteiger partial charge in [-0.3, -0.25) is 9.59 Å². The van der Waals surface area contributed by atoms with Gasteiger partial charge >= 0.3 is 0 Å². The quantitative estimate of drug-likeness (QED) is 0.829. The van der Waals surface area contributed by atoms with Gasteiger partial charge in [-0.2, -0.15) is 0 Å². The zero-order valence-corrected chi connectivity index (χ0v) is 15.0. The molecule has 2 aromatic rings. The molecule has 0 aliphatic carbocycles. The Morgan fingerprint density at radius 2 is 1.88 bits per heavy atom. The van der Waals surface area contributed by atoms with Crippen molar-refractivity contribution in [2.24, 2.45) is 5.92 Å². The first kappa shape index (κ1) is 16.5. The van der Waals surface area contributed by atoms with Crippen LogP contribution >= 0.6 is 11.3 Å². The predicted molar refractivity (Wildman–Crippen MR) is 97.9 cm³/mol. The number of morpholine rings is 1. The van der Waals surface area contributed by atoms with E-state index in [0.29, 0.717) is 32.8 Å². The van der Waals surface area contributed by atoms with Gasteiger partial charge in [-0.1, -0.05) is 18.2 Å². The summed E-state index contributed by atoms with van der Waals surface area (Å²) < 4.78 is 6.45. The number of benzene rings is 1. The molecule has 1 aromatic carbocycles. The second-order valence-corrected chi connectivity index (χ2v) is 7.76. The summed E-state index contributed by atoms with van der Waals surface area (Å²) >= 11 is 1.53. The maximum Gasteiger partial charge on any atom is 0.263 e. The highest BCUT2D eigenvalue weighted by Gasteiger charge is 2.32. The monoisotopic (exact) mass is 358 g/mol. The van der Waals surface area contributed by atoms with Crippen LogP contribution in [0.5, 0.6) is 0 Å². The van der Waals surface area contributed by atoms with E-state index >= 15 is 0 Å². The molecule has 6 heteroatoms. The number of carbonyl (C=O) groups excluding carboxylic acids is 2. The zero-order chi connectivity index (χ0) is 17.2. The van der Waals surface area contributed by atoms with Crippen molar-refractivity contribution in [3.8, 4) is 0 Å². The minimum atomic E-state index is -0.0785. The van der Waals surface area contributed by atoms with Crippen molar-refractivity contribution in [2.75, 3.05) is 39.4 Å². The summed E-state index contributed by atoms with van der Waals surface area (Å²) in [6.07, 6.45) is 1.75. The number of fused-ring (bicyclic) bond motifs is 1. The topological polar surface area (TPSA) is 49.9 Å². The standard InChI is InChI=1S/C19H22N2O3S/c22-18(20-8-10-24-11-9-20)15-5-3-7-21(13-15)19(23)17-12-14-4-1-2-6-16(14)25-17/h1-2,4,6,12,15H,3,5,7-11,13H2. The lowest BCUT2D eigenvalue weighted by molar-refractivity contribution is -0.141. The molecule has 4 rings (SSSR count). The summed E-state index contributed by atoms with van der Waals surface area (Å²) in [5.41, 5.74) is 0. The van der Waals surface area contributed by atoms with E-state index in [1.165, 1.54) is 11.3 Å². The number of thiophene rings is 1. The van der Waals surface area contributed by atoms with Crippen molar-refractivity contribution in [2.45, 2.75) is 12.8 Å². The van der Waals surface area contributed by atoms with E-state index in [4.69, 9.17) is 4.74 Å². The number of hydrogen-bond donors (Lipinski definition) is 0. The number of rotatable bonds is 2. The third-order valence-corrected chi connectivity index (χ3v) is 6.12. The molecule has 0 bridgehead atoms. The molecule has 132 valence electrons. The van der Waals surface area contributed by atoms with Crippen molar-refractivity contribution >= 4 is 33.2 Å². The molecular weight excluding hydrogens is 336 g/mol. The van der Waals surface area contributed by atoms with Crippen molar-refractivity contribution in [1.29, 1.82) is 0 Å². The van der Waals surface area contributed by atoms with Crippen LogP contribution in [0.15, 0.2) is 30.3 Å². The fourth-order valence-corrected chi connectivity index (χ4v) is 4.68. The lowest BCUT2D eigenvalue weighted by Gasteiger charge is -2.36. The smallest absolute Gasteiger partial charge is 0.263 e. The molecule has 25 heavy (non-hydrogen) atoms. The molecule has 2 aliphatic heterocycles. The molecule has 2 aliphatic rings. The maximum atomic E-state index is 12.9. The molecule has 2 amide bonds. The lowest BCUT2D eigenvalue weighted by atomic mass is 9.96. The van der Waals surface area contributed by atoms with Crippen LogP contribution in [0.4, 0.5) is 0 Å². The third-order valence-electron chi connectivity index (χ3n) is 5.02. The average Bonchev–Trinajstić information content (AvgIpc) is 3.12. The number of amides is 2. The number of ether oxygens (including phenoxy) is 1. The SMILES string of the molecule is O=C(c1cc2ccccc2s1)N1CCCC(C(=O)N2CCOCC2)C1. The molecule has 3 heterocycles. The number of piperidine rings is 1. The molecule has 0 spiro atoms. The number of carbonyl (C=O) groups is 2. The first-order chi connectivity index (χ1) is 12.2. The van der Waals surface area contributed by atoms with E-state index in [-0.39, 0.29) is 17.7 Å². The van der Waals surface area contributed by atoms with Crippen LogP contribution in [0.3, 0.4) is 0 Å². The van der Waals surface area contributed by atoms with Crippen molar-refractivity contribution in [3.63, 3.8) is 0 Å². The van der Waals surface area contributed by atoms with Crippen LogP contribution in [0, 0.1) is 5.92 Å². The van der Waals surface area contributed by atoms with E-state index in [9.17, 15) is 9.59 Å². The van der Waals surface area contributed by atoms with Crippen molar-refractivity contribution in [3.05, 3.63) is 35.2 Å². The van der Waals surface area contributed by atoms with Gasteiger partial charge in [0, 0.05) is 30.9 Å². The fraction of sp³-hybridized carbons (Fsp3) is 0.474. The average molecular weight is 358 g/mol. The van der Waals surface area contributed by atoms with Gasteiger partial charge in [0.15, 0.2) is 0 Å². The van der Waals surface area contributed by atoms with Gasteiger partial charge in [0.05, 0.1) is 24.0 Å². The zero-order valence-electron chi connectivity index (χ0n) is 14.1. The molecule has 1 atom stereocenters. The van der Waals surface area contributed by atoms with Gasteiger partial charge in [-0.25, -0.2) is 0 Å². The Balaban J connectivity index is 1.46. The number of hydrogen-bond acceptors (Lipinski definition) is 4. The van der Waals surface area contributed by atoms with E-state index < -0.39 is 0 Å². The minimum absolute atomic E-state index is 0.0562. The van der Waals surface area contributed by atoms with Crippen molar-refractivity contribution in [1.82, 2.24) is 9.80 Å². The van der Waals surface area contributed by atoms with Gasteiger partial charge in [0.1, 0.15) is 0 Å². The Hall–Kier alpha value is -1.92. The molecule has 0 radical (unpaired) electrons. The van der Waals surface area contributed by atoms with Gasteiger partial charge in [0.25, 0.3) is 5.91 Å². The van der Waals surface area contributed by atoms with Crippen LogP contribution in [0.25, 0.3) is 10.1 Å². The van der Waals surface area contributed by atoms with E-state index in [2.05, 4.69) is 0 Å². The second-order valence-electron chi connectivity index (χ2n) is 6.68. The molecule has 1 aromatic heterocycles. The highest BCUT2D eigenvalue weighted by molar-refractivity contribution is 7.20. The highest BCUT2D eigenvalue weighted by atomic mass is 32.1. The highest BCUT2D eigenvalue weighted by Crippen LogP contribution is 2.28. The molecule has 2 fully saturated rings. The summed E-state index contributed by atoms with van der Waals surface area (Å²) in [4.78, 5) is 30.2. The van der Waals surface area contributed by atoms with Crippen LogP contribution in [0.2, 0.25) is 0 Å². The van der Waals surface area contributed by atoms with Gasteiger partial charge in [-0.15, -0.1) is 11.3 Å². The summed E-state index contributed by atoms with van der Waals surface area (Å²) in [5, 5.41) is 1.11. The minimum Gasteiger partial charge on any atom is -0.378 e. The molecule has 5 nitrogen and oxygen atoms in total. The predicted octanol–water partition coefficient (Wildman–Crippen LogP) is 2.61.